The molecular formula is C18H19ClN4O5. The van der Waals surface area contributed by atoms with Crippen molar-refractivity contribution in [3.8, 4) is 5.75 Å². The largest absolute Gasteiger partial charge is 1.00 e. The molecule has 0 fully saturated rings. The first-order chi connectivity index (χ1) is 13.0. The number of nitro groups is 1. The number of ether oxygens (including phenoxy) is 1. The van der Waals surface area contributed by atoms with Gasteiger partial charge in [0.1, 0.15) is 5.75 Å². The van der Waals surface area contributed by atoms with Gasteiger partial charge in [0.2, 0.25) is 5.78 Å². The molecule has 0 aliphatic heterocycles. The van der Waals surface area contributed by atoms with E-state index in [-0.39, 0.29) is 41.6 Å². The second-order valence-corrected chi connectivity index (χ2v) is 5.97. The number of carbonyl (C=O) groups is 1. The van der Waals surface area contributed by atoms with E-state index in [2.05, 4.69) is 5.73 Å². The molecule has 3 rings (SSSR count). The number of halogens is 1. The molecule has 3 aromatic rings. The normalized spacial score (nSPS) is 10.5. The summed E-state index contributed by atoms with van der Waals surface area (Å²) in [5, 5.41) is 24.1. The van der Waals surface area contributed by atoms with Gasteiger partial charge in [-0.3, -0.25) is 14.9 Å². The van der Waals surface area contributed by atoms with Gasteiger partial charge in [0.05, 0.1) is 36.6 Å². The van der Waals surface area contributed by atoms with E-state index in [0.717, 1.165) is 0 Å². The molecule has 0 unspecified atom stereocenters. The van der Waals surface area contributed by atoms with E-state index in [1.54, 1.807) is 24.3 Å². The number of methoxy groups -OCH3 is 1. The van der Waals surface area contributed by atoms with Crippen molar-refractivity contribution in [2.24, 2.45) is 0 Å². The number of nitro benzene ring substituents is 1. The Bertz CT molecular complexity index is 1020. The lowest BCUT2D eigenvalue weighted by atomic mass is 10.0. The van der Waals surface area contributed by atoms with Crippen molar-refractivity contribution in [1.82, 2.24) is 4.68 Å². The molecule has 0 aliphatic carbocycles. The minimum Gasteiger partial charge on any atom is -1.00 e. The van der Waals surface area contributed by atoms with Gasteiger partial charge in [-0.25, -0.2) is 0 Å². The molecule has 0 amide bonds. The van der Waals surface area contributed by atoms with E-state index < -0.39 is 4.92 Å². The minimum atomic E-state index is -0.572. The molecular weight excluding hydrogens is 388 g/mol. The number of ketones is 1. The van der Waals surface area contributed by atoms with Crippen LogP contribution in [-0.4, -0.2) is 29.0 Å². The Hall–Kier alpha value is -3.17. The summed E-state index contributed by atoms with van der Waals surface area (Å²) in [7, 11) is 1.53. The molecule has 0 saturated carbocycles. The number of hydrogen-bond acceptors (Lipinski definition) is 5. The first-order valence-electron chi connectivity index (χ1n) is 8.36. The summed E-state index contributed by atoms with van der Waals surface area (Å²) in [6.45, 7) is 0.873. The predicted molar refractivity (Wildman–Crippen MR) is 96.4 cm³/mol. The lowest BCUT2D eigenvalue weighted by molar-refractivity contribution is -0.670. The fourth-order valence-electron chi connectivity index (χ4n) is 2.93. The second kappa shape index (κ2) is 8.68. The van der Waals surface area contributed by atoms with Crippen molar-refractivity contribution >= 4 is 22.4 Å². The van der Waals surface area contributed by atoms with Gasteiger partial charge in [0.25, 0.3) is 11.2 Å². The van der Waals surface area contributed by atoms with Crippen LogP contribution in [0.1, 0.15) is 22.5 Å². The summed E-state index contributed by atoms with van der Waals surface area (Å²) in [5.74, 6) is 0.272. The van der Waals surface area contributed by atoms with Crippen LogP contribution >= 0.6 is 0 Å². The fraction of sp³-hybridized carbons (Fsp3) is 0.222. The predicted octanol–water partition coefficient (Wildman–Crippen LogP) is -1.94. The molecule has 148 valence electrons. The van der Waals surface area contributed by atoms with Crippen LogP contribution < -0.4 is 27.7 Å². The van der Waals surface area contributed by atoms with Gasteiger partial charge in [0, 0.05) is 18.1 Å². The van der Waals surface area contributed by atoms with Crippen molar-refractivity contribution in [2.75, 3.05) is 13.7 Å². The Kier molecular flexibility index (Phi) is 6.55. The molecule has 0 spiro atoms. The van der Waals surface area contributed by atoms with Crippen molar-refractivity contribution in [3.63, 3.8) is 0 Å². The number of carbonyl (C=O) groups excluding carboxylic acids is 1. The molecule has 3 N–H and O–H groups in total. The van der Waals surface area contributed by atoms with Crippen molar-refractivity contribution < 1.29 is 37.4 Å². The molecule has 0 bridgehead atoms. The summed E-state index contributed by atoms with van der Waals surface area (Å²) >= 11 is 0. The second-order valence-electron chi connectivity index (χ2n) is 5.97. The highest BCUT2D eigenvalue weighted by atomic mass is 35.5. The Morgan fingerprint density at radius 2 is 1.93 bits per heavy atom. The van der Waals surface area contributed by atoms with Gasteiger partial charge in [-0.1, -0.05) is 4.85 Å². The molecule has 9 nitrogen and oxygen atoms in total. The number of quaternary nitrogens is 1. The van der Waals surface area contributed by atoms with Gasteiger partial charge in [-0.2, -0.15) is 0 Å². The topological polar surface area (TPSA) is 129 Å². The average Bonchev–Trinajstić information content (AvgIpc) is 2.97. The van der Waals surface area contributed by atoms with Crippen molar-refractivity contribution in [1.29, 1.82) is 0 Å². The minimum absolute atomic E-state index is 0. The van der Waals surface area contributed by atoms with Crippen LogP contribution in [0.4, 0.5) is 5.69 Å². The Morgan fingerprint density at radius 1 is 1.25 bits per heavy atom. The van der Waals surface area contributed by atoms with Crippen LogP contribution in [0.15, 0.2) is 42.5 Å². The van der Waals surface area contributed by atoms with Crippen molar-refractivity contribution in [2.45, 2.75) is 13.0 Å². The number of hydrogen-bond donors (Lipinski definition) is 1. The highest BCUT2D eigenvalue weighted by molar-refractivity contribution is 6.14. The standard InChI is InChI=1S/C18H18N4O5.ClH/c1-27-14-6-3-12(4-7-14)18(23)17-15-8-5-13(22(25)26)11-16(15)21(24)20(17)10-2-9-19;/h3-8,11H,2,9-10,19H2,1H3;1H. The van der Waals surface area contributed by atoms with Gasteiger partial charge >= 0.3 is 0 Å². The third kappa shape index (κ3) is 3.75. The van der Waals surface area contributed by atoms with E-state index >= 15 is 0 Å². The zero-order valence-electron chi connectivity index (χ0n) is 15.1. The van der Waals surface area contributed by atoms with E-state index in [4.69, 9.17) is 4.74 Å². The lowest BCUT2D eigenvalue weighted by Gasteiger charge is -2.07. The lowest BCUT2D eigenvalue weighted by Crippen LogP contribution is -3.00. The Labute approximate surface area is 166 Å². The van der Waals surface area contributed by atoms with Crippen LogP contribution in [0, 0.1) is 15.3 Å². The zero-order chi connectivity index (χ0) is 19.6. The third-order valence-corrected chi connectivity index (χ3v) is 4.32. The summed E-state index contributed by atoms with van der Waals surface area (Å²) in [6.07, 6.45) is 0.591. The van der Waals surface area contributed by atoms with Gasteiger partial charge < -0.3 is 28.1 Å². The quantitative estimate of drug-likeness (QED) is 0.160. The Balaban J connectivity index is 0.00000280. The van der Waals surface area contributed by atoms with Crippen LogP contribution in [-0.2, 0) is 6.54 Å². The Morgan fingerprint density at radius 3 is 2.50 bits per heavy atom. The zero-order valence-corrected chi connectivity index (χ0v) is 15.9. The van der Waals surface area contributed by atoms with Crippen LogP contribution in [0.2, 0.25) is 0 Å². The van der Waals surface area contributed by atoms with Crippen LogP contribution in [0.25, 0.3) is 10.9 Å². The van der Waals surface area contributed by atoms with Crippen LogP contribution in [0.5, 0.6) is 5.75 Å². The molecule has 0 aliphatic rings. The molecule has 10 heteroatoms. The smallest absolute Gasteiger partial charge is 0.276 e. The average molecular weight is 407 g/mol. The van der Waals surface area contributed by atoms with E-state index in [9.17, 15) is 20.1 Å². The molecule has 1 aromatic heterocycles. The fourth-order valence-corrected chi connectivity index (χ4v) is 2.93. The highest BCUT2D eigenvalue weighted by Gasteiger charge is 2.28. The van der Waals surface area contributed by atoms with Gasteiger partial charge in [-0.15, -0.1) is 4.68 Å². The number of aromatic nitrogens is 2. The van der Waals surface area contributed by atoms with E-state index in [0.29, 0.717) is 34.5 Å². The molecule has 28 heavy (non-hydrogen) atoms. The van der Waals surface area contributed by atoms with Crippen LogP contribution in [0.3, 0.4) is 0 Å². The third-order valence-electron chi connectivity index (χ3n) is 4.32. The maximum atomic E-state index is 13.1. The molecule has 0 atom stereocenters. The number of fused-ring (bicyclic) bond motifs is 1. The van der Waals surface area contributed by atoms with E-state index in [1.165, 1.54) is 30.0 Å². The summed E-state index contributed by atoms with van der Waals surface area (Å²) in [6, 6.07) is 10.5. The number of rotatable bonds is 7. The molecule has 1 heterocycles. The molecule has 0 radical (unpaired) electrons. The number of benzene rings is 2. The summed E-state index contributed by atoms with van der Waals surface area (Å²) in [5.41, 5.74) is 4.24. The van der Waals surface area contributed by atoms with Gasteiger partial charge in [-0.05, 0) is 30.3 Å². The SMILES string of the molecule is COc1ccc(C(=O)c2c3ccc([N+](=O)[O-])cc3[n+]([O-])n2CCC[NH3+])cc1.[Cl-]. The number of nitrogens with zero attached hydrogens (tertiary/aromatic N) is 3. The maximum absolute atomic E-state index is 13.1. The monoisotopic (exact) mass is 406 g/mol. The molecule has 2 aromatic carbocycles. The van der Waals surface area contributed by atoms with Gasteiger partial charge in [0.15, 0.2) is 5.69 Å². The number of non-ortho nitro benzene ring substituents is 1. The van der Waals surface area contributed by atoms with Crippen molar-refractivity contribution in [3.05, 3.63) is 69.0 Å². The molecule has 0 saturated heterocycles. The maximum Gasteiger partial charge on any atom is 0.276 e. The van der Waals surface area contributed by atoms with E-state index in [1.807, 2.05) is 0 Å². The first-order valence-corrected chi connectivity index (χ1v) is 8.36. The highest BCUT2D eigenvalue weighted by Crippen LogP contribution is 2.25. The summed E-state index contributed by atoms with van der Waals surface area (Å²) < 4.78 is 6.41. The first kappa shape index (κ1) is 21.1. The summed E-state index contributed by atoms with van der Waals surface area (Å²) in [4.78, 5) is 24.1.